The molecule has 0 spiro atoms. The molecule has 1 saturated heterocycles. The summed E-state index contributed by atoms with van der Waals surface area (Å²) in [6.07, 6.45) is 0. The number of carbonyl (C=O) groups is 4. The zero-order valence-electron chi connectivity index (χ0n) is 13.0. The van der Waals surface area contributed by atoms with Crippen molar-refractivity contribution in [2.45, 2.75) is 0 Å². The first-order valence-electron chi connectivity index (χ1n) is 7.23. The smallest absolute Gasteiger partial charge is 0.344 e. The highest BCUT2D eigenvalue weighted by atomic mass is 35.5. The van der Waals surface area contributed by atoms with Crippen molar-refractivity contribution in [1.82, 2.24) is 10.2 Å². The predicted octanol–water partition coefficient (Wildman–Crippen LogP) is 1.07. The van der Waals surface area contributed by atoms with Crippen LogP contribution in [-0.4, -0.2) is 60.0 Å². The molecule has 8 nitrogen and oxygen atoms in total. The van der Waals surface area contributed by atoms with Crippen LogP contribution in [0.25, 0.3) is 0 Å². The minimum absolute atomic E-state index is 0.0873. The van der Waals surface area contributed by atoms with Crippen LogP contribution < -0.4 is 10.1 Å². The highest BCUT2D eigenvalue weighted by Gasteiger charge is 2.29. The fourth-order valence-electron chi connectivity index (χ4n) is 1.82. The van der Waals surface area contributed by atoms with Crippen LogP contribution in [0, 0.1) is 0 Å². The molecule has 25 heavy (non-hydrogen) atoms. The van der Waals surface area contributed by atoms with Gasteiger partial charge >= 0.3 is 5.97 Å². The van der Waals surface area contributed by atoms with Gasteiger partial charge in [0.1, 0.15) is 5.75 Å². The van der Waals surface area contributed by atoms with Crippen LogP contribution in [0.4, 0.5) is 4.79 Å². The van der Waals surface area contributed by atoms with Gasteiger partial charge in [-0.2, -0.15) is 0 Å². The molecule has 10 heteroatoms. The van der Waals surface area contributed by atoms with Crippen molar-refractivity contribution in [2.75, 3.05) is 32.1 Å². The highest BCUT2D eigenvalue weighted by Crippen LogP contribution is 2.17. The van der Waals surface area contributed by atoms with Gasteiger partial charge in [0.15, 0.2) is 13.2 Å². The molecule has 0 bridgehead atoms. The Balaban J connectivity index is 1.59. The topological polar surface area (TPSA) is 102 Å². The quantitative estimate of drug-likeness (QED) is 0.667. The summed E-state index contributed by atoms with van der Waals surface area (Å²) in [6, 6.07) is 6.43. The third-order valence-electron chi connectivity index (χ3n) is 3.03. The number of benzene rings is 1. The van der Waals surface area contributed by atoms with Crippen molar-refractivity contribution in [2.24, 2.45) is 0 Å². The number of nitrogens with zero attached hydrogens (tertiary/aromatic N) is 1. The van der Waals surface area contributed by atoms with Crippen LogP contribution in [0.5, 0.6) is 5.75 Å². The summed E-state index contributed by atoms with van der Waals surface area (Å²) in [4.78, 5) is 46.8. The Hall–Kier alpha value is -2.26. The Morgan fingerprint density at radius 1 is 1.20 bits per heavy atom. The maximum atomic E-state index is 11.6. The van der Waals surface area contributed by atoms with E-state index in [9.17, 15) is 19.2 Å². The third-order valence-corrected chi connectivity index (χ3v) is 4.14. The molecular weight excluding hydrogens is 372 g/mol. The second kappa shape index (κ2) is 9.28. The van der Waals surface area contributed by atoms with Gasteiger partial charge in [0, 0.05) is 18.1 Å². The Kier molecular flexibility index (Phi) is 7.08. The van der Waals surface area contributed by atoms with E-state index < -0.39 is 18.5 Å². The summed E-state index contributed by atoms with van der Waals surface area (Å²) in [6.45, 7) is -0.637. The van der Waals surface area contributed by atoms with E-state index in [4.69, 9.17) is 21.1 Å². The Morgan fingerprint density at radius 2 is 1.92 bits per heavy atom. The normalized spacial score (nSPS) is 13.7. The van der Waals surface area contributed by atoms with Crippen LogP contribution in [0.15, 0.2) is 24.3 Å². The molecule has 1 fully saturated rings. The second-order valence-corrected chi connectivity index (χ2v) is 6.22. The summed E-state index contributed by atoms with van der Waals surface area (Å²) in [5.41, 5.74) is 0. The molecule has 1 heterocycles. The molecule has 0 saturated carbocycles. The Labute approximate surface area is 152 Å². The maximum Gasteiger partial charge on any atom is 0.344 e. The Bertz CT molecular complexity index is 650. The average Bonchev–Trinajstić information content (AvgIpc) is 2.91. The van der Waals surface area contributed by atoms with Crippen LogP contribution in [-0.2, 0) is 19.1 Å². The lowest BCUT2D eigenvalue weighted by molar-refractivity contribution is -0.150. The molecule has 1 aromatic rings. The summed E-state index contributed by atoms with van der Waals surface area (Å²) in [5.74, 6) is -0.950. The number of ether oxygens (including phenoxy) is 2. The van der Waals surface area contributed by atoms with Crippen LogP contribution >= 0.6 is 23.4 Å². The molecule has 0 atom stereocenters. The molecule has 1 N–H and O–H groups in total. The van der Waals surface area contributed by atoms with E-state index in [0.717, 1.165) is 16.7 Å². The van der Waals surface area contributed by atoms with Gasteiger partial charge in [0.05, 0.1) is 5.75 Å². The van der Waals surface area contributed by atoms with E-state index in [1.165, 1.54) is 0 Å². The van der Waals surface area contributed by atoms with Crippen molar-refractivity contribution in [1.29, 1.82) is 0 Å². The summed E-state index contributed by atoms with van der Waals surface area (Å²) < 4.78 is 9.94. The van der Waals surface area contributed by atoms with Crippen molar-refractivity contribution < 1.29 is 28.7 Å². The first-order chi connectivity index (χ1) is 12.0. The second-order valence-electron chi connectivity index (χ2n) is 4.85. The minimum atomic E-state index is -0.702. The van der Waals surface area contributed by atoms with Gasteiger partial charge in [-0.1, -0.05) is 23.4 Å². The average molecular weight is 387 g/mol. The van der Waals surface area contributed by atoms with Crippen molar-refractivity contribution in [3.8, 4) is 5.75 Å². The third kappa shape index (κ3) is 6.28. The molecular formula is C15H15ClN2O6S. The van der Waals surface area contributed by atoms with Crippen LogP contribution in [0.1, 0.15) is 0 Å². The zero-order valence-corrected chi connectivity index (χ0v) is 14.6. The van der Waals surface area contributed by atoms with E-state index >= 15 is 0 Å². The lowest BCUT2D eigenvalue weighted by Crippen LogP contribution is -2.39. The van der Waals surface area contributed by atoms with Crippen molar-refractivity contribution >= 4 is 46.4 Å². The van der Waals surface area contributed by atoms with E-state index in [1.54, 1.807) is 24.3 Å². The minimum Gasteiger partial charge on any atom is -0.482 e. The van der Waals surface area contributed by atoms with Gasteiger partial charge < -0.3 is 14.8 Å². The molecule has 134 valence electrons. The number of esters is 1. The van der Waals surface area contributed by atoms with E-state index in [0.29, 0.717) is 10.8 Å². The number of rotatable bonds is 8. The van der Waals surface area contributed by atoms with Gasteiger partial charge in [-0.25, -0.2) is 4.79 Å². The lowest BCUT2D eigenvalue weighted by atomic mass is 10.3. The number of halogens is 1. The summed E-state index contributed by atoms with van der Waals surface area (Å²) >= 11 is 6.65. The lowest BCUT2D eigenvalue weighted by Gasteiger charge is -2.13. The van der Waals surface area contributed by atoms with Gasteiger partial charge in [-0.05, 0) is 24.3 Å². The van der Waals surface area contributed by atoms with Gasteiger partial charge in [0.2, 0.25) is 5.91 Å². The van der Waals surface area contributed by atoms with E-state index in [1.807, 2.05) is 0 Å². The van der Waals surface area contributed by atoms with E-state index in [-0.39, 0.29) is 36.6 Å². The number of thioether (sulfide) groups is 1. The molecule has 1 aliphatic heterocycles. The number of imide groups is 1. The highest BCUT2D eigenvalue weighted by molar-refractivity contribution is 8.14. The fourth-order valence-corrected chi connectivity index (χ4v) is 2.69. The molecule has 0 aromatic heterocycles. The summed E-state index contributed by atoms with van der Waals surface area (Å²) in [7, 11) is 0. The number of amides is 3. The largest absolute Gasteiger partial charge is 0.482 e. The van der Waals surface area contributed by atoms with E-state index in [2.05, 4.69) is 5.32 Å². The molecule has 0 radical (unpaired) electrons. The van der Waals surface area contributed by atoms with Gasteiger partial charge in [-0.15, -0.1) is 0 Å². The molecule has 3 amide bonds. The van der Waals surface area contributed by atoms with Crippen molar-refractivity contribution in [3.05, 3.63) is 29.3 Å². The SMILES string of the molecule is O=C(COC(=O)COc1ccc(Cl)cc1)NCCN1C(=O)CSC1=O. The molecule has 0 unspecified atom stereocenters. The predicted molar refractivity (Wildman–Crippen MR) is 90.5 cm³/mol. The monoisotopic (exact) mass is 386 g/mol. The van der Waals surface area contributed by atoms with Crippen LogP contribution in [0.3, 0.4) is 0 Å². The van der Waals surface area contributed by atoms with Gasteiger partial charge in [0.25, 0.3) is 11.1 Å². The first-order valence-corrected chi connectivity index (χ1v) is 8.60. The van der Waals surface area contributed by atoms with Gasteiger partial charge in [-0.3, -0.25) is 19.3 Å². The zero-order chi connectivity index (χ0) is 18.2. The molecule has 2 rings (SSSR count). The first kappa shape index (κ1) is 19.1. The van der Waals surface area contributed by atoms with Crippen LogP contribution in [0.2, 0.25) is 5.02 Å². The summed E-state index contributed by atoms with van der Waals surface area (Å²) in [5, 5.41) is 2.67. The van der Waals surface area contributed by atoms with Crippen molar-refractivity contribution in [3.63, 3.8) is 0 Å². The number of hydrogen-bond donors (Lipinski definition) is 1. The maximum absolute atomic E-state index is 11.6. The number of nitrogens with one attached hydrogen (secondary N) is 1. The fraction of sp³-hybridized carbons (Fsp3) is 0.333. The standard InChI is InChI=1S/C15H15ClN2O6S/c16-10-1-3-11(4-2-10)23-8-14(21)24-7-12(19)17-5-6-18-13(20)9-25-15(18)22/h1-4H,5-9H2,(H,17,19). The molecule has 1 aliphatic rings. The number of hydrogen-bond acceptors (Lipinski definition) is 7. The number of carbonyl (C=O) groups excluding carboxylic acids is 4. The Morgan fingerprint density at radius 3 is 2.56 bits per heavy atom. The molecule has 1 aromatic carbocycles. The molecule has 0 aliphatic carbocycles.